The van der Waals surface area contributed by atoms with Gasteiger partial charge in [0.25, 0.3) is 11.8 Å². The van der Waals surface area contributed by atoms with Crippen LogP contribution in [0.3, 0.4) is 0 Å². The van der Waals surface area contributed by atoms with Gasteiger partial charge in [0.05, 0.1) is 5.69 Å². The molecule has 1 aliphatic rings. The zero-order chi connectivity index (χ0) is 20.3. The predicted octanol–water partition coefficient (Wildman–Crippen LogP) is 3.99. The Kier molecular flexibility index (Phi) is 5.75. The van der Waals surface area contributed by atoms with Crippen molar-refractivity contribution in [3.63, 3.8) is 0 Å². The number of nitrogens with one attached hydrogen (secondary N) is 1. The van der Waals surface area contributed by atoms with Crippen LogP contribution in [0.5, 0.6) is 5.75 Å². The van der Waals surface area contributed by atoms with Gasteiger partial charge in [0.1, 0.15) is 17.9 Å². The number of halogens is 1. The lowest BCUT2D eigenvalue weighted by Crippen LogP contribution is -2.54. The summed E-state index contributed by atoms with van der Waals surface area (Å²) < 4.78 is 6.35. The van der Waals surface area contributed by atoms with Crippen molar-refractivity contribution in [1.29, 1.82) is 0 Å². The van der Waals surface area contributed by atoms with E-state index in [-0.39, 0.29) is 12.2 Å². The topological polar surface area (TPSA) is 75.7 Å². The maximum Gasteiger partial charge on any atom is 0.335 e. The van der Waals surface area contributed by atoms with Gasteiger partial charge in [-0.2, -0.15) is 0 Å². The van der Waals surface area contributed by atoms with E-state index in [2.05, 4.69) is 27.8 Å². The summed E-state index contributed by atoms with van der Waals surface area (Å²) in [5, 5.41) is 2.22. The van der Waals surface area contributed by atoms with Crippen LogP contribution in [0.15, 0.2) is 65.2 Å². The molecule has 2 aromatic rings. The second kappa shape index (κ2) is 8.22. The molecule has 1 N–H and O–H groups in total. The van der Waals surface area contributed by atoms with E-state index in [1.54, 1.807) is 42.5 Å². The molecule has 0 aliphatic carbocycles. The molecule has 0 unspecified atom stereocenters. The number of imide groups is 2. The van der Waals surface area contributed by atoms with E-state index in [1.165, 1.54) is 6.08 Å². The summed E-state index contributed by atoms with van der Waals surface area (Å²) in [5.74, 6) is -0.974. The van der Waals surface area contributed by atoms with Crippen LogP contribution >= 0.6 is 15.9 Å². The van der Waals surface area contributed by atoms with Gasteiger partial charge in [0, 0.05) is 10.0 Å². The summed E-state index contributed by atoms with van der Waals surface area (Å²) in [4.78, 5) is 38.6. The molecule has 1 aliphatic heterocycles. The Morgan fingerprint density at radius 2 is 1.96 bits per heavy atom. The van der Waals surface area contributed by atoms with Gasteiger partial charge < -0.3 is 4.74 Å². The number of carbonyl (C=O) groups excluding carboxylic acids is 3. The van der Waals surface area contributed by atoms with E-state index in [1.807, 2.05) is 13.0 Å². The lowest BCUT2D eigenvalue weighted by atomic mass is 10.1. The molecule has 142 valence electrons. The number of hydrogen-bond donors (Lipinski definition) is 1. The number of ether oxygens (including phenoxy) is 1. The molecule has 0 saturated carbocycles. The Morgan fingerprint density at radius 1 is 1.18 bits per heavy atom. The molecule has 0 bridgehead atoms. The molecule has 6 nitrogen and oxygen atoms in total. The first kappa shape index (κ1) is 19.6. The van der Waals surface area contributed by atoms with Crippen molar-refractivity contribution < 1.29 is 19.1 Å². The third-order valence-electron chi connectivity index (χ3n) is 3.99. The molecule has 1 heterocycles. The van der Waals surface area contributed by atoms with Crippen molar-refractivity contribution >= 4 is 45.5 Å². The molecular formula is C21H17BrN2O4. The second-order valence-corrected chi connectivity index (χ2v) is 6.99. The van der Waals surface area contributed by atoms with Crippen LogP contribution in [-0.2, 0) is 9.59 Å². The lowest BCUT2D eigenvalue weighted by molar-refractivity contribution is -0.122. The van der Waals surface area contributed by atoms with Gasteiger partial charge in [-0.05, 0) is 48.9 Å². The van der Waals surface area contributed by atoms with Crippen molar-refractivity contribution in [2.45, 2.75) is 6.92 Å². The standard InChI is InChI=1S/C21H17BrN2O4/c1-3-9-28-18-8-7-15(22)11-14(18)12-17-19(25)23-21(27)24(20(17)26)16-6-4-5-13(2)10-16/h3-8,10-12H,1,9H2,2H3,(H,23,25,27)/b17-12+. The Balaban J connectivity index is 2.04. The molecule has 3 rings (SSSR count). The molecule has 4 amide bonds. The number of urea groups is 1. The van der Waals surface area contributed by atoms with Crippen molar-refractivity contribution in [1.82, 2.24) is 5.32 Å². The Hall–Kier alpha value is -3.19. The number of nitrogens with zero attached hydrogens (tertiary/aromatic N) is 1. The van der Waals surface area contributed by atoms with Crippen molar-refractivity contribution in [3.8, 4) is 5.75 Å². The fraction of sp³-hybridized carbons (Fsp3) is 0.0952. The first-order chi connectivity index (χ1) is 13.4. The average molecular weight is 441 g/mol. The summed E-state index contributed by atoms with van der Waals surface area (Å²) >= 11 is 3.37. The van der Waals surface area contributed by atoms with E-state index < -0.39 is 17.8 Å². The third-order valence-corrected chi connectivity index (χ3v) is 4.48. The summed E-state index contributed by atoms with van der Waals surface area (Å²) in [6.07, 6.45) is 3.01. The van der Waals surface area contributed by atoms with E-state index in [9.17, 15) is 14.4 Å². The third kappa shape index (κ3) is 4.04. The quantitative estimate of drug-likeness (QED) is 0.433. The molecular weight excluding hydrogens is 424 g/mol. The number of amides is 4. The maximum absolute atomic E-state index is 13.0. The van der Waals surface area contributed by atoms with Gasteiger partial charge in [-0.15, -0.1) is 0 Å². The summed E-state index contributed by atoms with van der Waals surface area (Å²) in [6, 6.07) is 11.4. The minimum absolute atomic E-state index is 0.164. The van der Waals surface area contributed by atoms with E-state index in [0.29, 0.717) is 17.0 Å². The predicted molar refractivity (Wildman–Crippen MR) is 110 cm³/mol. The zero-order valence-electron chi connectivity index (χ0n) is 15.1. The lowest BCUT2D eigenvalue weighted by Gasteiger charge is -2.26. The summed E-state index contributed by atoms with van der Waals surface area (Å²) in [5.41, 5.74) is 1.63. The van der Waals surface area contributed by atoms with Crippen LogP contribution < -0.4 is 15.0 Å². The normalized spacial score (nSPS) is 15.6. The monoisotopic (exact) mass is 440 g/mol. The Morgan fingerprint density at radius 3 is 2.68 bits per heavy atom. The van der Waals surface area contributed by atoms with Crippen LogP contribution in [0.2, 0.25) is 0 Å². The number of anilines is 1. The highest BCUT2D eigenvalue weighted by atomic mass is 79.9. The Labute approximate surface area is 170 Å². The first-order valence-corrected chi connectivity index (χ1v) is 9.21. The highest BCUT2D eigenvalue weighted by Crippen LogP contribution is 2.28. The smallest absolute Gasteiger partial charge is 0.335 e. The van der Waals surface area contributed by atoms with Crippen LogP contribution in [0.25, 0.3) is 6.08 Å². The average Bonchev–Trinajstić information content (AvgIpc) is 2.64. The number of hydrogen-bond acceptors (Lipinski definition) is 4. The largest absolute Gasteiger partial charge is 0.489 e. The molecule has 1 fully saturated rings. The van der Waals surface area contributed by atoms with Gasteiger partial charge in [0.15, 0.2) is 0 Å². The minimum Gasteiger partial charge on any atom is -0.489 e. The highest BCUT2D eigenvalue weighted by molar-refractivity contribution is 9.10. The summed E-state index contributed by atoms with van der Waals surface area (Å²) in [6.45, 7) is 5.73. The molecule has 1 saturated heterocycles. The van der Waals surface area contributed by atoms with Crippen LogP contribution in [0, 0.1) is 6.92 Å². The van der Waals surface area contributed by atoms with Crippen molar-refractivity contribution in [3.05, 3.63) is 76.3 Å². The molecule has 0 atom stereocenters. The Bertz CT molecular complexity index is 1010. The van der Waals surface area contributed by atoms with Gasteiger partial charge in [-0.3, -0.25) is 14.9 Å². The zero-order valence-corrected chi connectivity index (χ0v) is 16.7. The van der Waals surface area contributed by atoms with E-state index in [0.717, 1.165) is 14.9 Å². The number of barbiturate groups is 1. The number of aryl methyl sites for hydroxylation is 1. The van der Waals surface area contributed by atoms with Gasteiger partial charge >= 0.3 is 6.03 Å². The second-order valence-electron chi connectivity index (χ2n) is 6.08. The molecule has 0 radical (unpaired) electrons. The number of benzene rings is 2. The molecule has 0 aromatic heterocycles. The van der Waals surface area contributed by atoms with Gasteiger partial charge in [-0.25, -0.2) is 9.69 Å². The summed E-state index contributed by atoms with van der Waals surface area (Å²) in [7, 11) is 0. The SMILES string of the molecule is C=CCOc1ccc(Br)cc1/C=C1\C(=O)NC(=O)N(c2cccc(C)c2)C1=O. The minimum atomic E-state index is -0.782. The number of rotatable bonds is 5. The maximum atomic E-state index is 13.0. The van der Waals surface area contributed by atoms with E-state index in [4.69, 9.17) is 4.74 Å². The van der Waals surface area contributed by atoms with Crippen LogP contribution in [0.4, 0.5) is 10.5 Å². The number of carbonyl (C=O) groups is 3. The van der Waals surface area contributed by atoms with Crippen molar-refractivity contribution in [2.75, 3.05) is 11.5 Å². The van der Waals surface area contributed by atoms with Crippen LogP contribution in [-0.4, -0.2) is 24.5 Å². The fourth-order valence-corrected chi connectivity index (χ4v) is 3.11. The van der Waals surface area contributed by atoms with Crippen LogP contribution in [0.1, 0.15) is 11.1 Å². The molecule has 7 heteroatoms. The fourth-order valence-electron chi connectivity index (χ4n) is 2.73. The highest BCUT2D eigenvalue weighted by Gasteiger charge is 2.37. The molecule has 0 spiro atoms. The molecule has 2 aromatic carbocycles. The van der Waals surface area contributed by atoms with Gasteiger partial charge in [-0.1, -0.05) is 40.7 Å². The molecule has 28 heavy (non-hydrogen) atoms. The van der Waals surface area contributed by atoms with Gasteiger partial charge in [0.2, 0.25) is 0 Å². The van der Waals surface area contributed by atoms with E-state index >= 15 is 0 Å². The van der Waals surface area contributed by atoms with Crippen molar-refractivity contribution in [2.24, 2.45) is 0 Å². The first-order valence-electron chi connectivity index (χ1n) is 8.42.